The van der Waals surface area contributed by atoms with E-state index in [9.17, 15) is 9.59 Å². The second-order valence-corrected chi connectivity index (χ2v) is 4.69. The van der Waals surface area contributed by atoms with Gasteiger partial charge >= 0.3 is 5.97 Å². The monoisotopic (exact) mass is 289 g/mol. The van der Waals surface area contributed by atoms with Gasteiger partial charge in [-0.05, 0) is 42.5 Å². The molecule has 0 aliphatic rings. The van der Waals surface area contributed by atoms with Crippen molar-refractivity contribution in [3.05, 3.63) is 36.2 Å². The van der Waals surface area contributed by atoms with E-state index in [0.717, 1.165) is 0 Å². The van der Waals surface area contributed by atoms with Crippen molar-refractivity contribution >= 4 is 11.9 Å². The van der Waals surface area contributed by atoms with E-state index in [1.807, 2.05) is 0 Å². The minimum atomic E-state index is -0.953. The van der Waals surface area contributed by atoms with Gasteiger partial charge < -0.3 is 10.4 Å². The number of tetrazole rings is 1. The fourth-order valence-electron chi connectivity index (χ4n) is 1.70. The molecule has 8 heteroatoms. The number of amides is 1. The minimum absolute atomic E-state index is 0.342. The molecule has 2 atom stereocenters. The lowest BCUT2D eigenvalue weighted by molar-refractivity contribution is -0.141. The summed E-state index contributed by atoms with van der Waals surface area (Å²) in [5.41, 5.74) is 1.05. The van der Waals surface area contributed by atoms with Gasteiger partial charge in [0, 0.05) is 11.6 Å². The molecular weight excluding hydrogens is 274 g/mol. The zero-order valence-electron chi connectivity index (χ0n) is 11.6. The van der Waals surface area contributed by atoms with Gasteiger partial charge in [-0.25, -0.2) is 4.68 Å². The molecule has 1 aromatic heterocycles. The summed E-state index contributed by atoms with van der Waals surface area (Å²) in [4.78, 5) is 23.0. The van der Waals surface area contributed by atoms with Crippen molar-refractivity contribution < 1.29 is 14.7 Å². The number of nitrogens with zero attached hydrogens (tertiary/aromatic N) is 4. The molecule has 2 rings (SSSR count). The lowest BCUT2D eigenvalue weighted by atomic mass is 10.0. The Bertz CT molecular complexity index is 641. The first-order valence-corrected chi connectivity index (χ1v) is 6.36. The van der Waals surface area contributed by atoms with Crippen LogP contribution in [0.3, 0.4) is 0 Å². The molecule has 1 aromatic carbocycles. The van der Waals surface area contributed by atoms with Crippen LogP contribution in [0.1, 0.15) is 24.2 Å². The number of carbonyl (C=O) groups is 2. The average molecular weight is 289 g/mol. The van der Waals surface area contributed by atoms with Gasteiger partial charge in [-0.3, -0.25) is 9.59 Å². The third kappa shape index (κ3) is 3.41. The normalized spacial score (nSPS) is 13.4. The van der Waals surface area contributed by atoms with Crippen LogP contribution in [0.25, 0.3) is 5.69 Å². The third-order valence-corrected chi connectivity index (χ3v) is 3.22. The number of carbonyl (C=O) groups excluding carboxylic acids is 1. The van der Waals surface area contributed by atoms with Gasteiger partial charge in [0.1, 0.15) is 6.33 Å². The van der Waals surface area contributed by atoms with Crippen LogP contribution < -0.4 is 5.32 Å². The lowest BCUT2D eigenvalue weighted by Gasteiger charge is -2.17. The van der Waals surface area contributed by atoms with Crippen LogP contribution in [0, 0.1) is 5.92 Å². The van der Waals surface area contributed by atoms with E-state index in [0.29, 0.717) is 11.3 Å². The Labute approximate surface area is 120 Å². The molecule has 110 valence electrons. The fourth-order valence-corrected chi connectivity index (χ4v) is 1.70. The molecule has 8 nitrogen and oxygen atoms in total. The highest BCUT2D eigenvalue weighted by Gasteiger charge is 2.21. The van der Waals surface area contributed by atoms with Crippen molar-refractivity contribution in [2.24, 2.45) is 5.92 Å². The number of carboxylic acids is 1. The molecular formula is C13H15N5O3. The van der Waals surface area contributed by atoms with E-state index >= 15 is 0 Å². The molecule has 0 saturated heterocycles. The number of aromatic nitrogens is 4. The number of benzene rings is 1. The first-order valence-electron chi connectivity index (χ1n) is 6.36. The van der Waals surface area contributed by atoms with Gasteiger partial charge in [0.25, 0.3) is 5.91 Å². The highest BCUT2D eigenvalue weighted by molar-refractivity contribution is 5.95. The van der Waals surface area contributed by atoms with Crippen molar-refractivity contribution in [2.45, 2.75) is 19.9 Å². The number of hydrogen-bond acceptors (Lipinski definition) is 5. The van der Waals surface area contributed by atoms with E-state index in [2.05, 4.69) is 20.8 Å². The van der Waals surface area contributed by atoms with E-state index < -0.39 is 17.9 Å². The molecule has 0 radical (unpaired) electrons. The molecule has 0 aliphatic carbocycles. The number of carboxylic acid groups (broad SMARTS) is 1. The maximum absolute atomic E-state index is 12.1. The van der Waals surface area contributed by atoms with E-state index in [-0.39, 0.29) is 5.91 Å². The van der Waals surface area contributed by atoms with E-state index in [1.54, 1.807) is 38.1 Å². The number of rotatable bonds is 5. The molecule has 0 aliphatic heterocycles. The van der Waals surface area contributed by atoms with Crippen LogP contribution >= 0.6 is 0 Å². The second kappa shape index (κ2) is 6.12. The van der Waals surface area contributed by atoms with Crippen LogP contribution in [0.5, 0.6) is 0 Å². The van der Waals surface area contributed by atoms with E-state index in [1.165, 1.54) is 11.0 Å². The highest BCUT2D eigenvalue weighted by atomic mass is 16.4. The van der Waals surface area contributed by atoms with Crippen molar-refractivity contribution in [3.63, 3.8) is 0 Å². The summed E-state index contributed by atoms with van der Waals surface area (Å²) in [6.45, 7) is 3.20. The maximum atomic E-state index is 12.1. The average Bonchev–Trinajstić information content (AvgIpc) is 3.00. The molecule has 1 amide bonds. The summed E-state index contributed by atoms with van der Waals surface area (Å²) in [6.07, 6.45) is 1.42. The molecule has 0 saturated carbocycles. The van der Waals surface area contributed by atoms with Gasteiger partial charge in [-0.15, -0.1) is 5.10 Å². The van der Waals surface area contributed by atoms with Gasteiger partial charge in [0.15, 0.2) is 0 Å². The fraction of sp³-hybridized carbons (Fsp3) is 0.308. The summed E-state index contributed by atoms with van der Waals surface area (Å²) >= 11 is 0. The summed E-state index contributed by atoms with van der Waals surface area (Å²) in [5.74, 6) is -1.97. The van der Waals surface area contributed by atoms with Crippen molar-refractivity contribution in [3.8, 4) is 5.69 Å². The molecule has 0 bridgehead atoms. The van der Waals surface area contributed by atoms with Gasteiger partial charge in [0.05, 0.1) is 11.6 Å². The van der Waals surface area contributed by atoms with Crippen molar-refractivity contribution in [2.75, 3.05) is 0 Å². The van der Waals surface area contributed by atoms with Gasteiger partial charge in [0.2, 0.25) is 0 Å². The van der Waals surface area contributed by atoms with Crippen LogP contribution in [-0.2, 0) is 4.79 Å². The second-order valence-electron chi connectivity index (χ2n) is 4.69. The first kappa shape index (κ1) is 14.6. The topological polar surface area (TPSA) is 110 Å². The molecule has 2 aromatic rings. The number of hydrogen-bond donors (Lipinski definition) is 2. The zero-order valence-corrected chi connectivity index (χ0v) is 11.6. The summed E-state index contributed by atoms with van der Waals surface area (Å²) < 4.78 is 1.43. The minimum Gasteiger partial charge on any atom is -0.481 e. The van der Waals surface area contributed by atoms with Gasteiger partial charge in [-0.2, -0.15) is 0 Å². The van der Waals surface area contributed by atoms with Crippen molar-refractivity contribution in [1.82, 2.24) is 25.5 Å². The Morgan fingerprint density at radius 2 is 2.10 bits per heavy atom. The molecule has 1 heterocycles. The van der Waals surface area contributed by atoms with Crippen LogP contribution in [0.4, 0.5) is 0 Å². The number of aliphatic carboxylic acids is 1. The van der Waals surface area contributed by atoms with Crippen LogP contribution in [0.2, 0.25) is 0 Å². The summed E-state index contributed by atoms with van der Waals surface area (Å²) in [7, 11) is 0. The Balaban J connectivity index is 2.13. The Morgan fingerprint density at radius 1 is 1.33 bits per heavy atom. The predicted octanol–water partition coefficient (Wildman–Crippen LogP) is 0.501. The predicted molar refractivity (Wildman–Crippen MR) is 72.9 cm³/mol. The third-order valence-electron chi connectivity index (χ3n) is 3.22. The number of nitrogens with one attached hydrogen (secondary N) is 1. The lowest BCUT2D eigenvalue weighted by Crippen LogP contribution is -2.40. The zero-order chi connectivity index (χ0) is 15.4. The molecule has 2 N–H and O–H groups in total. The standard InChI is InChI=1S/C13H15N5O3/c1-8(13(20)21)9(2)15-12(19)10-4-3-5-11(6-10)18-7-14-16-17-18/h3-9H,1-2H3,(H,15,19)(H,20,21). The van der Waals surface area contributed by atoms with Crippen LogP contribution in [0.15, 0.2) is 30.6 Å². The smallest absolute Gasteiger partial charge is 0.308 e. The van der Waals surface area contributed by atoms with Gasteiger partial charge in [-0.1, -0.05) is 6.07 Å². The molecule has 0 spiro atoms. The Morgan fingerprint density at radius 3 is 2.71 bits per heavy atom. The Kier molecular flexibility index (Phi) is 4.27. The molecule has 2 unspecified atom stereocenters. The molecule has 0 fully saturated rings. The highest BCUT2D eigenvalue weighted by Crippen LogP contribution is 2.10. The van der Waals surface area contributed by atoms with Crippen molar-refractivity contribution in [1.29, 1.82) is 0 Å². The van der Waals surface area contributed by atoms with Crippen LogP contribution in [-0.4, -0.2) is 43.2 Å². The maximum Gasteiger partial charge on any atom is 0.308 e. The first-order chi connectivity index (χ1) is 9.99. The Hall–Kier alpha value is -2.77. The quantitative estimate of drug-likeness (QED) is 0.829. The van der Waals surface area contributed by atoms with E-state index in [4.69, 9.17) is 5.11 Å². The summed E-state index contributed by atoms with van der Waals surface area (Å²) in [6, 6.07) is 6.26. The molecule has 21 heavy (non-hydrogen) atoms. The summed E-state index contributed by atoms with van der Waals surface area (Å²) in [5, 5.41) is 22.4. The largest absolute Gasteiger partial charge is 0.481 e. The SMILES string of the molecule is CC(NC(=O)c1cccc(-n2cnnn2)c1)C(C)C(=O)O.